The Morgan fingerprint density at radius 2 is 1.65 bits per heavy atom. The van der Waals surface area contributed by atoms with Gasteiger partial charge in [-0.15, -0.1) is 0 Å². The number of nitrogens with two attached hydrogens (primary N) is 1. The number of rotatable bonds is 10. The predicted octanol–water partition coefficient (Wildman–Crippen LogP) is 0.784. The maximum atomic E-state index is 13.8. The standard InChI is InChI=1S/C18H24Cl2FN3O6S/c1-9(22)16(25)23-10(2)18(27)30-14(13(8-21)24-17(26)15(19)20)11-4-6-12(7-5-11)31(3,28)29/h4-7,9-10,13-15H,8,22H2,1-3H3,(H,23,25)(H,24,26)/t9?,10-,13?,14?/m0/s1. The van der Waals surface area contributed by atoms with Crippen molar-refractivity contribution in [3.8, 4) is 0 Å². The maximum absolute atomic E-state index is 13.8. The summed E-state index contributed by atoms with van der Waals surface area (Å²) in [6.45, 7) is 1.59. The summed E-state index contributed by atoms with van der Waals surface area (Å²) in [6, 6.07) is 1.71. The topological polar surface area (TPSA) is 145 Å². The van der Waals surface area contributed by atoms with Gasteiger partial charge in [-0.1, -0.05) is 35.3 Å². The van der Waals surface area contributed by atoms with Crippen LogP contribution in [0.15, 0.2) is 29.2 Å². The molecule has 0 fully saturated rings. The number of esters is 1. The Bertz CT molecular complexity index is 896. The van der Waals surface area contributed by atoms with Crippen LogP contribution in [0, 0.1) is 0 Å². The Labute approximate surface area is 189 Å². The van der Waals surface area contributed by atoms with Crippen molar-refractivity contribution < 1.29 is 31.9 Å². The van der Waals surface area contributed by atoms with Crippen LogP contribution in [-0.2, 0) is 29.0 Å². The molecule has 0 radical (unpaired) electrons. The van der Waals surface area contributed by atoms with Crippen molar-refractivity contribution in [2.24, 2.45) is 5.73 Å². The third-order valence-corrected chi connectivity index (χ3v) is 5.59. The van der Waals surface area contributed by atoms with Crippen molar-refractivity contribution >= 4 is 50.8 Å². The molecule has 0 aliphatic heterocycles. The Kier molecular flexibility index (Phi) is 10.1. The second-order valence-electron chi connectivity index (χ2n) is 6.79. The Morgan fingerprint density at radius 1 is 1.10 bits per heavy atom. The average molecular weight is 500 g/mol. The van der Waals surface area contributed by atoms with Gasteiger partial charge in [-0.05, 0) is 31.5 Å². The molecule has 0 heterocycles. The Morgan fingerprint density at radius 3 is 2.06 bits per heavy atom. The van der Waals surface area contributed by atoms with Crippen molar-refractivity contribution in [3.63, 3.8) is 0 Å². The summed E-state index contributed by atoms with van der Waals surface area (Å²) < 4.78 is 42.5. The normalized spacial score (nSPS) is 15.5. The molecule has 1 aromatic carbocycles. The van der Waals surface area contributed by atoms with Gasteiger partial charge in [0.1, 0.15) is 18.8 Å². The highest BCUT2D eigenvalue weighted by Gasteiger charge is 2.32. The van der Waals surface area contributed by atoms with Crippen molar-refractivity contribution in [2.45, 2.75) is 47.8 Å². The van der Waals surface area contributed by atoms with Gasteiger partial charge in [0.2, 0.25) is 5.91 Å². The summed E-state index contributed by atoms with van der Waals surface area (Å²) in [5, 5.41) is 4.57. The second kappa shape index (κ2) is 11.6. The first-order valence-electron chi connectivity index (χ1n) is 8.98. The van der Waals surface area contributed by atoms with Gasteiger partial charge in [0.15, 0.2) is 14.7 Å². The number of carbonyl (C=O) groups excluding carboxylic acids is 3. The number of alkyl halides is 3. The zero-order valence-electron chi connectivity index (χ0n) is 17.0. The van der Waals surface area contributed by atoms with E-state index >= 15 is 0 Å². The summed E-state index contributed by atoms with van der Waals surface area (Å²) in [5.41, 5.74) is 5.63. The number of benzene rings is 1. The minimum Gasteiger partial charge on any atom is -0.454 e. The molecule has 0 saturated heterocycles. The van der Waals surface area contributed by atoms with Crippen LogP contribution in [0.4, 0.5) is 4.39 Å². The van der Waals surface area contributed by atoms with E-state index in [4.69, 9.17) is 33.7 Å². The average Bonchev–Trinajstić information content (AvgIpc) is 2.69. The number of halogens is 3. The fraction of sp³-hybridized carbons (Fsp3) is 0.500. The lowest BCUT2D eigenvalue weighted by Gasteiger charge is -2.28. The summed E-state index contributed by atoms with van der Waals surface area (Å²) in [6.07, 6.45) is -0.370. The first-order chi connectivity index (χ1) is 14.3. The molecule has 0 spiro atoms. The molecule has 0 aliphatic rings. The number of hydrogen-bond acceptors (Lipinski definition) is 7. The molecule has 4 N–H and O–H groups in total. The number of nitrogens with one attached hydrogen (secondary N) is 2. The van der Waals surface area contributed by atoms with Crippen LogP contribution >= 0.6 is 23.2 Å². The van der Waals surface area contributed by atoms with Crippen LogP contribution in [0.2, 0.25) is 0 Å². The van der Waals surface area contributed by atoms with Gasteiger partial charge >= 0.3 is 5.97 Å². The highest BCUT2D eigenvalue weighted by molar-refractivity contribution is 7.90. The van der Waals surface area contributed by atoms with Gasteiger partial charge in [0.25, 0.3) is 5.91 Å². The van der Waals surface area contributed by atoms with Crippen LogP contribution in [-0.4, -0.2) is 62.1 Å². The molecule has 13 heteroatoms. The van der Waals surface area contributed by atoms with Crippen LogP contribution in [0.25, 0.3) is 0 Å². The molecule has 0 aliphatic carbocycles. The van der Waals surface area contributed by atoms with Crippen LogP contribution in [0.5, 0.6) is 0 Å². The number of carbonyl (C=O) groups is 3. The van der Waals surface area contributed by atoms with Crippen molar-refractivity contribution in [3.05, 3.63) is 29.8 Å². The third kappa shape index (κ3) is 8.24. The fourth-order valence-electron chi connectivity index (χ4n) is 2.36. The summed E-state index contributed by atoms with van der Waals surface area (Å²) in [7, 11) is -3.51. The van der Waals surface area contributed by atoms with E-state index in [-0.39, 0.29) is 10.5 Å². The van der Waals surface area contributed by atoms with Crippen LogP contribution in [0.3, 0.4) is 0 Å². The Balaban J connectivity index is 3.22. The third-order valence-electron chi connectivity index (χ3n) is 4.06. The van der Waals surface area contributed by atoms with Crippen molar-refractivity contribution in [1.29, 1.82) is 0 Å². The quantitative estimate of drug-likeness (QED) is 0.318. The molecule has 1 aromatic rings. The molecule has 4 atom stereocenters. The number of sulfone groups is 1. The first kappa shape index (κ1) is 27.1. The van der Waals surface area contributed by atoms with Crippen LogP contribution < -0.4 is 16.4 Å². The minimum absolute atomic E-state index is 0.0127. The van der Waals surface area contributed by atoms with Crippen molar-refractivity contribution in [1.82, 2.24) is 10.6 Å². The lowest BCUT2D eigenvalue weighted by Crippen LogP contribution is -2.48. The molecule has 9 nitrogen and oxygen atoms in total. The van der Waals surface area contributed by atoms with Gasteiger partial charge in [-0.25, -0.2) is 17.6 Å². The van der Waals surface area contributed by atoms with E-state index in [0.717, 1.165) is 6.26 Å². The molecular weight excluding hydrogens is 476 g/mol. The summed E-state index contributed by atoms with van der Waals surface area (Å²) in [5.74, 6) is -2.47. The summed E-state index contributed by atoms with van der Waals surface area (Å²) >= 11 is 11.0. The van der Waals surface area contributed by atoms with Gasteiger partial charge in [0.05, 0.1) is 17.0 Å². The van der Waals surface area contributed by atoms with E-state index < -0.39 is 63.4 Å². The van der Waals surface area contributed by atoms with Gasteiger partial charge in [0, 0.05) is 6.26 Å². The molecule has 0 bridgehead atoms. The molecule has 174 valence electrons. The molecule has 1 rings (SSSR count). The molecular formula is C18H24Cl2FN3O6S. The van der Waals surface area contributed by atoms with E-state index in [1.54, 1.807) is 0 Å². The number of hydrogen-bond donors (Lipinski definition) is 3. The Hall–Kier alpha value is -1.95. The van der Waals surface area contributed by atoms with E-state index in [1.807, 2.05) is 0 Å². The number of ether oxygens (including phenoxy) is 1. The maximum Gasteiger partial charge on any atom is 0.329 e. The van der Waals surface area contributed by atoms with E-state index in [0.29, 0.717) is 0 Å². The smallest absolute Gasteiger partial charge is 0.329 e. The zero-order valence-corrected chi connectivity index (χ0v) is 19.3. The first-order valence-corrected chi connectivity index (χ1v) is 11.7. The molecule has 2 amide bonds. The highest BCUT2D eigenvalue weighted by Crippen LogP contribution is 2.25. The number of amides is 2. The minimum atomic E-state index is -3.51. The monoisotopic (exact) mass is 499 g/mol. The van der Waals surface area contributed by atoms with Gasteiger partial charge in [-0.3, -0.25) is 9.59 Å². The fourth-order valence-corrected chi connectivity index (χ4v) is 3.12. The molecule has 3 unspecified atom stereocenters. The highest BCUT2D eigenvalue weighted by atomic mass is 35.5. The largest absolute Gasteiger partial charge is 0.454 e. The molecule has 0 saturated carbocycles. The lowest BCUT2D eigenvalue weighted by atomic mass is 10.0. The SMILES string of the molecule is CC(N)C(=O)N[C@@H](C)C(=O)OC(c1ccc(S(C)(=O)=O)cc1)C(CF)NC(=O)C(Cl)Cl. The van der Waals surface area contributed by atoms with E-state index in [2.05, 4.69) is 10.6 Å². The summed E-state index contributed by atoms with van der Waals surface area (Å²) in [4.78, 5) is 34.5. The van der Waals surface area contributed by atoms with E-state index in [9.17, 15) is 27.2 Å². The van der Waals surface area contributed by atoms with Gasteiger partial charge < -0.3 is 21.1 Å². The van der Waals surface area contributed by atoms with Gasteiger partial charge in [-0.2, -0.15) is 0 Å². The van der Waals surface area contributed by atoms with E-state index in [1.165, 1.54) is 38.1 Å². The second-order valence-corrected chi connectivity index (χ2v) is 9.90. The predicted molar refractivity (Wildman–Crippen MR) is 113 cm³/mol. The molecule has 31 heavy (non-hydrogen) atoms. The molecule has 0 aromatic heterocycles. The zero-order chi connectivity index (χ0) is 23.9. The van der Waals surface area contributed by atoms with Crippen LogP contribution in [0.1, 0.15) is 25.5 Å². The van der Waals surface area contributed by atoms with Crippen molar-refractivity contribution in [2.75, 3.05) is 12.9 Å². The lowest BCUT2D eigenvalue weighted by molar-refractivity contribution is -0.155.